The van der Waals surface area contributed by atoms with Crippen LogP contribution in [0.1, 0.15) is 12.0 Å². The summed E-state index contributed by atoms with van der Waals surface area (Å²) < 4.78 is 0. The van der Waals surface area contributed by atoms with Gasteiger partial charge in [0.05, 0.1) is 30.1 Å². The van der Waals surface area contributed by atoms with Crippen LogP contribution >= 0.6 is 0 Å². The molecule has 27 heavy (non-hydrogen) atoms. The van der Waals surface area contributed by atoms with E-state index in [1.807, 2.05) is 103 Å². The van der Waals surface area contributed by atoms with Crippen molar-refractivity contribution in [3.63, 3.8) is 0 Å². The zero-order valence-electron chi connectivity index (χ0n) is 15.4. The second-order valence-electron chi connectivity index (χ2n) is 6.15. The first kappa shape index (κ1) is 18.2. The van der Waals surface area contributed by atoms with Crippen LogP contribution in [0, 0.1) is 11.3 Å². The van der Waals surface area contributed by atoms with Crippen LogP contribution in [0.5, 0.6) is 0 Å². The Kier molecular flexibility index (Phi) is 6.21. The van der Waals surface area contributed by atoms with Gasteiger partial charge in [0.15, 0.2) is 0 Å². The maximum atomic E-state index is 8.72. The maximum Gasteiger partial charge on any atom is 0.0652 e. The number of para-hydroxylation sites is 2. The summed E-state index contributed by atoms with van der Waals surface area (Å²) in [5.74, 6) is 0. The van der Waals surface area contributed by atoms with E-state index in [2.05, 4.69) is 11.0 Å². The highest BCUT2D eigenvalue weighted by Crippen LogP contribution is 2.25. The zero-order valence-corrected chi connectivity index (χ0v) is 15.4. The van der Waals surface area contributed by atoms with Crippen molar-refractivity contribution in [2.45, 2.75) is 6.42 Å². The van der Waals surface area contributed by atoms with Crippen molar-refractivity contribution in [3.8, 4) is 6.07 Å². The minimum atomic E-state index is 0.517. The van der Waals surface area contributed by atoms with Gasteiger partial charge >= 0.3 is 0 Å². The van der Waals surface area contributed by atoms with E-state index < -0.39 is 0 Å². The first-order valence-electron chi connectivity index (χ1n) is 8.90. The van der Waals surface area contributed by atoms with E-state index in [1.54, 1.807) is 0 Å². The Hall–Kier alpha value is -3.58. The predicted octanol–water partition coefficient (Wildman–Crippen LogP) is 5.21. The van der Waals surface area contributed by atoms with Gasteiger partial charge in [-0.25, -0.2) is 5.01 Å². The van der Waals surface area contributed by atoms with E-state index in [9.17, 15) is 0 Å². The number of rotatable bonds is 7. The first-order chi connectivity index (χ1) is 13.3. The van der Waals surface area contributed by atoms with Crippen LogP contribution in [-0.4, -0.2) is 19.8 Å². The van der Waals surface area contributed by atoms with E-state index in [4.69, 9.17) is 10.4 Å². The number of nitriles is 1. The molecule has 0 radical (unpaired) electrons. The molecule has 3 aromatic rings. The zero-order chi connectivity index (χ0) is 18.9. The molecule has 0 atom stereocenters. The molecular formula is C23H22N4. The fraction of sp³-hybridized carbons (Fsp3) is 0.130. The molecule has 0 amide bonds. The third-order valence-corrected chi connectivity index (χ3v) is 4.22. The molecule has 0 aromatic heterocycles. The molecule has 0 heterocycles. The van der Waals surface area contributed by atoms with Gasteiger partial charge in [-0.15, -0.1) is 0 Å². The number of nitrogens with zero attached hydrogens (tertiary/aromatic N) is 4. The van der Waals surface area contributed by atoms with Gasteiger partial charge in [-0.2, -0.15) is 10.4 Å². The fourth-order valence-corrected chi connectivity index (χ4v) is 2.71. The highest BCUT2D eigenvalue weighted by molar-refractivity contribution is 5.82. The quantitative estimate of drug-likeness (QED) is 0.432. The molecular weight excluding hydrogens is 332 g/mol. The summed E-state index contributed by atoms with van der Waals surface area (Å²) >= 11 is 0. The number of hydrazone groups is 1. The summed E-state index contributed by atoms with van der Waals surface area (Å²) in [6, 6.07) is 30.5. The van der Waals surface area contributed by atoms with Crippen molar-refractivity contribution < 1.29 is 0 Å². The molecule has 0 saturated carbocycles. The average Bonchev–Trinajstić information content (AvgIpc) is 2.74. The van der Waals surface area contributed by atoms with Crippen molar-refractivity contribution >= 4 is 23.3 Å². The standard InChI is InChI=1S/C23H22N4/c1-26(18-8-17-24)21-15-13-20(14-16-21)19-25-27(22-9-4-2-5-10-22)23-11-6-3-7-12-23/h2-7,9-16,19H,8,18H2,1H3/b25-19-. The molecule has 0 aliphatic rings. The molecule has 0 bridgehead atoms. The maximum absolute atomic E-state index is 8.72. The lowest BCUT2D eigenvalue weighted by Crippen LogP contribution is -2.17. The average molecular weight is 354 g/mol. The Morgan fingerprint density at radius 3 is 1.89 bits per heavy atom. The number of hydrogen-bond donors (Lipinski definition) is 0. The summed E-state index contributed by atoms with van der Waals surface area (Å²) in [4.78, 5) is 2.07. The van der Waals surface area contributed by atoms with Crippen LogP contribution in [0.2, 0.25) is 0 Å². The third kappa shape index (κ3) is 4.96. The van der Waals surface area contributed by atoms with Crippen molar-refractivity contribution in [2.75, 3.05) is 23.5 Å². The number of benzene rings is 3. The molecule has 0 spiro atoms. The monoisotopic (exact) mass is 354 g/mol. The van der Waals surface area contributed by atoms with E-state index in [-0.39, 0.29) is 0 Å². The van der Waals surface area contributed by atoms with Crippen LogP contribution in [0.25, 0.3) is 0 Å². The highest BCUT2D eigenvalue weighted by Gasteiger charge is 2.06. The van der Waals surface area contributed by atoms with Crippen molar-refractivity contribution in [1.29, 1.82) is 5.26 Å². The molecule has 0 aliphatic carbocycles. The minimum absolute atomic E-state index is 0.517. The second-order valence-corrected chi connectivity index (χ2v) is 6.15. The molecule has 0 aliphatic heterocycles. The van der Waals surface area contributed by atoms with Gasteiger partial charge in [-0.05, 0) is 42.0 Å². The van der Waals surface area contributed by atoms with E-state index in [0.717, 1.165) is 29.2 Å². The normalized spacial score (nSPS) is 10.5. The van der Waals surface area contributed by atoms with Crippen LogP contribution in [0.3, 0.4) is 0 Å². The van der Waals surface area contributed by atoms with Gasteiger partial charge in [0, 0.05) is 19.3 Å². The molecule has 4 nitrogen and oxygen atoms in total. The first-order valence-corrected chi connectivity index (χ1v) is 8.90. The number of hydrogen-bond acceptors (Lipinski definition) is 4. The molecule has 0 saturated heterocycles. The molecule has 0 N–H and O–H groups in total. The molecule has 0 unspecified atom stereocenters. The lowest BCUT2D eigenvalue weighted by atomic mass is 10.2. The van der Waals surface area contributed by atoms with Gasteiger partial charge < -0.3 is 4.90 Å². The van der Waals surface area contributed by atoms with Crippen molar-refractivity contribution in [3.05, 3.63) is 90.5 Å². The van der Waals surface area contributed by atoms with Crippen LogP contribution in [0.4, 0.5) is 17.1 Å². The van der Waals surface area contributed by atoms with Crippen LogP contribution in [0.15, 0.2) is 90.0 Å². The summed E-state index contributed by atoms with van der Waals surface area (Å²) in [6.07, 6.45) is 2.38. The number of anilines is 3. The Bertz CT molecular complexity index is 857. The van der Waals surface area contributed by atoms with Gasteiger partial charge in [0.25, 0.3) is 0 Å². The van der Waals surface area contributed by atoms with Crippen LogP contribution in [-0.2, 0) is 0 Å². The van der Waals surface area contributed by atoms with Crippen molar-refractivity contribution in [1.82, 2.24) is 0 Å². The Labute approximate surface area is 160 Å². The summed E-state index contributed by atoms with van der Waals surface area (Å²) in [5, 5.41) is 15.4. The molecule has 3 aromatic carbocycles. The SMILES string of the molecule is CN(CCC#N)c1ccc(/C=N\N(c2ccccc2)c2ccccc2)cc1. The molecule has 3 rings (SSSR count). The fourth-order valence-electron chi connectivity index (χ4n) is 2.71. The van der Waals surface area contributed by atoms with Gasteiger partial charge in [-0.1, -0.05) is 48.5 Å². The molecule has 134 valence electrons. The summed E-state index contributed by atoms with van der Waals surface area (Å²) in [5.41, 5.74) is 4.12. The van der Waals surface area contributed by atoms with Crippen LogP contribution < -0.4 is 9.91 Å². The smallest absolute Gasteiger partial charge is 0.0652 e. The lowest BCUT2D eigenvalue weighted by Gasteiger charge is -2.19. The topological polar surface area (TPSA) is 42.6 Å². The minimum Gasteiger partial charge on any atom is -0.374 e. The largest absolute Gasteiger partial charge is 0.374 e. The summed E-state index contributed by atoms with van der Waals surface area (Å²) in [7, 11) is 1.99. The third-order valence-electron chi connectivity index (χ3n) is 4.22. The van der Waals surface area contributed by atoms with Gasteiger partial charge in [0.1, 0.15) is 0 Å². The predicted molar refractivity (Wildman–Crippen MR) is 113 cm³/mol. The van der Waals surface area contributed by atoms with E-state index in [0.29, 0.717) is 6.42 Å². The molecule has 0 fully saturated rings. The highest BCUT2D eigenvalue weighted by atomic mass is 15.5. The Morgan fingerprint density at radius 2 is 1.37 bits per heavy atom. The van der Waals surface area contributed by atoms with E-state index >= 15 is 0 Å². The Morgan fingerprint density at radius 1 is 0.815 bits per heavy atom. The van der Waals surface area contributed by atoms with E-state index in [1.165, 1.54) is 0 Å². The Balaban J connectivity index is 1.80. The summed E-state index contributed by atoms with van der Waals surface area (Å²) in [6.45, 7) is 0.722. The molecule has 4 heteroatoms. The van der Waals surface area contributed by atoms with Gasteiger partial charge in [-0.3, -0.25) is 0 Å². The second kappa shape index (κ2) is 9.21. The van der Waals surface area contributed by atoms with Crippen molar-refractivity contribution in [2.24, 2.45) is 5.10 Å². The lowest BCUT2D eigenvalue weighted by molar-refractivity contribution is 0.905. The van der Waals surface area contributed by atoms with Gasteiger partial charge in [0.2, 0.25) is 0 Å².